The molecule has 0 aliphatic carbocycles. The van der Waals surface area contributed by atoms with Gasteiger partial charge in [-0.25, -0.2) is 0 Å². The van der Waals surface area contributed by atoms with Crippen molar-refractivity contribution < 1.29 is 9.47 Å². The summed E-state index contributed by atoms with van der Waals surface area (Å²) >= 11 is 11.3. The number of thiocarbonyl (C=S) groups is 1. The SMILES string of the molecule is COc1ccc(CCNC(=S)NCCCn2ncc(Cl)c2C)cc1OC. The predicted octanol–water partition coefficient (Wildman–Crippen LogP) is 2.96. The van der Waals surface area contributed by atoms with Gasteiger partial charge in [0.1, 0.15) is 0 Å². The van der Waals surface area contributed by atoms with E-state index in [0.29, 0.717) is 10.1 Å². The van der Waals surface area contributed by atoms with Crippen LogP contribution in [0.3, 0.4) is 0 Å². The van der Waals surface area contributed by atoms with E-state index in [-0.39, 0.29) is 0 Å². The summed E-state index contributed by atoms with van der Waals surface area (Å²) in [6.07, 6.45) is 3.42. The highest BCUT2D eigenvalue weighted by molar-refractivity contribution is 7.80. The first-order valence-electron chi connectivity index (χ1n) is 8.45. The Hall–Kier alpha value is -1.99. The molecule has 26 heavy (non-hydrogen) atoms. The number of nitrogens with one attached hydrogen (secondary N) is 2. The Morgan fingerprint density at radius 3 is 2.58 bits per heavy atom. The molecule has 0 spiro atoms. The van der Waals surface area contributed by atoms with Crippen molar-refractivity contribution in [3.05, 3.63) is 40.7 Å². The second-order valence-electron chi connectivity index (χ2n) is 5.78. The molecule has 0 aliphatic heterocycles. The summed E-state index contributed by atoms with van der Waals surface area (Å²) in [7, 11) is 3.27. The van der Waals surface area contributed by atoms with E-state index in [1.807, 2.05) is 29.8 Å². The molecule has 0 bridgehead atoms. The number of hydrogen-bond acceptors (Lipinski definition) is 4. The van der Waals surface area contributed by atoms with Gasteiger partial charge in [0, 0.05) is 19.6 Å². The fourth-order valence-electron chi connectivity index (χ4n) is 2.50. The number of benzene rings is 1. The van der Waals surface area contributed by atoms with Crippen LogP contribution in [-0.2, 0) is 13.0 Å². The first-order valence-corrected chi connectivity index (χ1v) is 9.24. The quantitative estimate of drug-likeness (QED) is 0.502. The third-order valence-corrected chi connectivity index (χ3v) is 4.68. The van der Waals surface area contributed by atoms with Crippen LogP contribution in [0, 0.1) is 6.92 Å². The van der Waals surface area contributed by atoms with Crippen LogP contribution in [0.15, 0.2) is 24.4 Å². The minimum atomic E-state index is 0.653. The first kappa shape index (κ1) is 20.3. The van der Waals surface area contributed by atoms with E-state index in [9.17, 15) is 0 Å². The number of nitrogens with zero attached hydrogens (tertiary/aromatic N) is 2. The molecule has 2 N–H and O–H groups in total. The van der Waals surface area contributed by atoms with Crippen LogP contribution < -0.4 is 20.1 Å². The summed E-state index contributed by atoms with van der Waals surface area (Å²) in [6.45, 7) is 4.29. The maximum absolute atomic E-state index is 5.99. The second-order valence-corrected chi connectivity index (χ2v) is 6.59. The highest BCUT2D eigenvalue weighted by atomic mass is 35.5. The van der Waals surface area contributed by atoms with E-state index in [2.05, 4.69) is 15.7 Å². The van der Waals surface area contributed by atoms with Crippen molar-refractivity contribution >= 4 is 28.9 Å². The summed E-state index contributed by atoms with van der Waals surface area (Å²) in [4.78, 5) is 0. The number of methoxy groups -OCH3 is 2. The molecule has 0 unspecified atom stereocenters. The van der Waals surface area contributed by atoms with Crippen molar-refractivity contribution in [3.63, 3.8) is 0 Å². The number of ether oxygens (including phenoxy) is 2. The van der Waals surface area contributed by atoms with Gasteiger partial charge < -0.3 is 20.1 Å². The van der Waals surface area contributed by atoms with E-state index < -0.39 is 0 Å². The van der Waals surface area contributed by atoms with Crippen molar-refractivity contribution in [1.29, 1.82) is 0 Å². The molecule has 2 aromatic rings. The number of aryl methyl sites for hydroxylation is 1. The lowest BCUT2D eigenvalue weighted by Gasteiger charge is -2.12. The highest BCUT2D eigenvalue weighted by Gasteiger charge is 2.05. The number of halogens is 1. The van der Waals surface area contributed by atoms with Crippen LogP contribution in [0.25, 0.3) is 0 Å². The largest absolute Gasteiger partial charge is 0.493 e. The zero-order valence-electron chi connectivity index (χ0n) is 15.3. The minimum Gasteiger partial charge on any atom is -0.493 e. The zero-order chi connectivity index (χ0) is 18.9. The van der Waals surface area contributed by atoms with Crippen LogP contribution in [-0.4, -0.2) is 42.2 Å². The van der Waals surface area contributed by atoms with Gasteiger partial charge in [-0.2, -0.15) is 5.10 Å². The van der Waals surface area contributed by atoms with Crippen LogP contribution >= 0.6 is 23.8 Å². The number of hydrogen-bond donors (Lipinski definition) is 2. The van der Waals surface area contributed by atoms with Crippen LogP contribution in [0.1, 0.15) is 17.7 Å². The fourth-order valence-corrected chi connectivity index (χ4v) is 2.84. The Morgan fingerprint density at radius 2 is 1.92 bits per heavy atom. The van der Waals surface area contributed by atoms with E-state index in [0.717, 1.165) is 55.2 Å². The molecule has 0 aliphatic rings. The topological polar surface area (TPSA) is 60.3 Å². The minimum absolute atomic E-state index is 0.653. The van der Waals surface area contributed by atoms with Gasteiger partial charge in [-0.1, -0.05) is 17.7 Å². The van der Waals surface area contributed by atoms with Gasteiger partial charge in [-0.05, 0) is 49.7 Å². The molecular weight excluding hydrogens is 372 g/mol. The van der Waals surface area contributed by atoms with Gasteiger partial charge in [0.05, 0.1) is 31.1 Å². The predicted molar refractivity (Wildman–Crippen MR) is 108 cm³/mol. The van der Waals surface area contributed by atoms with Gasteiger partial charge in [0.15, 0.2) is 16.6 Å². The summed E-state index contributed by atoms with van der Waals surface area (Å²) in [6, 6.07) is 5.92. The lowest BCUT2D eigenvalue weighted by molar-refractivity contribution is 0.354. The number of aromatic nitrogens is 2. The average Bonchev–Trinajstić information content (AvgIpc) is 2.97. The van der Waals surface area contributed by atoms with Crippen LogP contribution in [0.4, 0.5) is 0 Å². The van der Waals surface area contributed by atoms with Gasteiger partial charge in [0.2, 0.25) is 0 Å². The van der Waals surface area contributed by atoms with Crippen molar-refractivity contribution in [1.82, 2.24) is 20.4 Å². The third-order valence-electron chi connectivity index (χ3n) is 4.02. The second kappa shape index (κ2) is 10.2. The van der Waals surface area contributed by atoms with Gasteiger partial charge in [-0.3, -0.25) is 4.68 Å². The van der Waals surface area contributed by atoms with Crippen molar-refractivity contribution in [2.24, 2.45) is 0 Å². The van der Waals surface area contributed by atoms with Crippen LogP contribution in [0.2, 0.25) is 5.02 Å². The maximum Gasteiger partial charge on any atom is 0.166 e. The molecule has 142 valence electrons. The molecule has 0 saturated heterocycles. The standard InChI is InChI=1S/C18H25ClN4O2S/c1-13-15(19)12-22-23(13)10-4-8-20-18(26)21-9-7-14-5-6-16(24-2)17(11-14)25-3/h5-6,11-12H,4,7-10H2,1-3H3,(H2,20,21,26). The number of rotatable bonds is 9. The molecular formula is C18H25ClN4O2S. The van der Waals surface area contributed by atoms with Crippen molar-refractivity contribution in [2.45, 2.75) is 26.3 Å². The van der Waals surface area contributed by atoms with Gasteiger partial charge in [-0.15, -0.1) is 0 Å². The van der Waals surface area contributed by atoms with Gasteiger partial charge >= 0.3 is 0 Å². The van der Waals surface area contributed by atoms with E-state index in [4.69, 9.17) is 33.3 Å². The summed E-state index contributed by atoms with van der Waals surface area (Å²) < 4.78 is 12.5. The monoisotopic (exact) mass is 396 g/mol. The van der Waals surface area contributed by atoms with E-state index in [1.54, 1.807) is 20.4 Å². The van der Waals surface area contributed by atoms with Crippen LogP contribution in [0.5, 0.6) is 11.5 Å². The van der Waals surface area contributed by atoms with Gasteiger partial charge in [0.25, 0.3) is 0 Å². The van der Waals surface area contributed by atoms with E-state index in [1.165, 1.54) is 0 Å². The Labute approximate surface area is 164 Å². The Kier molecular flexibility index (Phi) is 8.00. The van der Waals surface area contributed by atoms with E-state index >= 15 is 0 Å². The molecule has 0 radical (unpaired) electrons. The summed E-state index contributed by atoms with van der Waals surface area (Å²) in [5.74, 6) is 1.47. The molecule has 0 saturated carbocycles. The zero-order valence-corrected chi connectivity index (χ0v) is 16.9. The molecule has 0 atom stereocenters. The molecule has 0 fully saturated rings. The normalized spacial score (nSPS) is 10.5. The third kappa shape index (κ3) is 5.78. The Morgan fingerprint density at radius 1 is 1.19 bits per heavy atom. The summed E-state index contributed by atoms with van der Waals surface area (Å²) in [5, 5.41) is 12.0. The smallest absolute Gasteiger partial charge is 0.166 e. The molecule has 2 rings (SSSR count). The molecule has 1 aromatic heterocycles. The molecule has 0 amide bonds. The fraction of sp³-hybridized carbons (Fsp3) is 0.444. The maximum atomic E-state index is 5.99. The molecule has 1 heterocycles. The van der Waals surface area contributed by atoms with Crippen molar-refractivity contribution in [2.75, 3.05) is 27.3 Å². The molecule has 8 heteroatoms. The Balaban J connectivity index is 1.65. The first-order chi connectivity index (χ1) is 12.5. The molecule has 6 nitrogen and oxygen atoms in total. The highest BCUT2D eigenvalue weighted by Crippen LogP contribution is 2.27. The lowest BCUT2D eigenvalue weighted by Crippen LogP contribution is -2.37. The molecule has 1 aromatic carbocycles. The average molecular weight is 397 g/mol. The summed E-state index contributed by atoms with van der Waals surface area (Å²) in [5.41, 5.74) is 2.14. The lowest BCUT2D eigenvalue weighted by atomic mass is 10.1. The van der Waals surface area contributed by atoms with Crippen molar-refractivity contribution in [3.8, 4) is 11.5 Å². The Bertz CT molecular complexity index is 736.